The van der Waals surface area contributed by atoms with E-state index in [1.807, 2.05) is 0 Å². The van der Waals surface area contributed by atoms with E-state index in [-0.39, 0.29) is 15.8 Å². The normalized spacial score (nSPS) is 11.9. The second kappa shape index (κ2) is 3.78. The van der Waals surface area contributed by atoms with E-state index in [4.69, 9.17) is 11.6 Å². The standard InChI is InChI=1S/C9H8ClN3O3S/c1-13-7-5(3-6(10)8(13)14)4-11-9(12-7)17(2,15)16/h3-4H,1-2H3. The van der Waals surface area contributed by atoms with Crippen molar-refractivity contribution in [1.29, 1.82) is 0 Å². The summed E-state index contributed by atoms with van der Waals surface area (Å²) in [4.78, 5) is 19.1. The van der Waals surface area contributed by atoms with Crippen LogP contribution in [0.5, 0.6) is 0 Å². The van der Waals surface area contributed by atoms with Crippen molar-refractivity contribution in [3.8, 4) is 0 Å². The highest BCUT2D eigenvalue weighted by atomic mass is 35.5. The third-order valence-corrected chi connectivity index (χ3v) is 3.35. The number of hydrogen-bond acceptors (Lipinski definition) is 5. The number of fused-ring (bicyclic) bond motifs is 1. The number of pyridine rings is 1. The Kier molecular flexibility index (Phi) is 2.67. The fraction of sp³-hybridized carbons (Fsp3) is 0.222. The molecule has 2 aromatic rings. The van der Waals surface area contributed by atoms with Gasteiger partial charge >= 0.3 is 0 Å². The molecule has 90 valence electrons. The minimum Gasteiger partial charge on any atom is -0.294 e. The number of sulfone groups is 1. The summed E-state index contributed by atoms with van der Waals surface area (Å²) in [5, 5.41) is 0.225. The molecule has 0 unspecified atom stereocenters. The number of rotatable bonds is 1. The van der Waals surface area contributed by atoms with Gasteiger partial charge in [0.05, 0.1) is 0 Å². The first-order chi connectivity index (χ1) is 7.80. The van der Waals surface area contributed by atoms with Crippen LogP contribution in [0.15, 0.2) is 22.2 Å². The molecule has 0 aliphatic carbocycles. The summed E-state index contributed by atoms with van der Waals surface area (Å²) >= 11 is 5.72. The van der Waals surface area contributed by atoms with Crippen molar-refractivity contribution >= 4 is 32.5 Å². The second-order valence-corrected chi connectivity index (χ2v) is 5.88. The van der Waals surface area contributed by atoms with E-state index in [0.717, 1.165) is 6.26 Å². The quantitative estimate of drug-likeness (QED) is 0.702. The molecule has 0 aliphatic heterocycles. The van der Waals surface area contributed by atoms with Gasteiger partial charge in [-0.2, -0.15) is 4.98 Å². The second-order valence-electron chi connectivity index (χ2n) is 3.56. The molecule has 17 heavy (non-hydrogen) atoms. The lowest BCUT2D eigenvalue weighted by atomic mass is 10.3. The van der Waals surface area contributed by atoms with E-state index in [0.29, 0.717) is 5.39 Å². The van der Waals surface area contributed by atoms with Crippen molar-refractivity contribution in [3.05, 3.63) is 27.6 Å². The summed E-state index contributed by atoms with van der Waals surface area (Å²) in [6.07, 6.45) is 2.33. The van der Waals surface area contributed by atoms with Gasteiger partial charge in [0.1, 0.15) is 10.7 Å². The molecule has 0 radical (unpaired) electrons. The van der Waals surface area contributed by atoms with Crippen LogP contribution in [0, 0.1) is 0 Å². The summed E-state index contributed by atoms with van der Waals surface area (Å²) in [7, 11) is -2.04. The molecule has 0 aromatic carbocycles. The van der Waals surface area contributed by atoms with Crippen molar-refractivity contribution < 1.29 is 8.42 Å². The Balaban J connectivity index is 2.92. The molecule has 6 nitrogen and oxygen atoms in total. The SMILES string of the molecule is Cn1c(=O)c(Cl)cc2cnc(S(C)(=O)=O)nc21. The molecule has 0 N–H and O–H groups in total. The Morgan fingerprint density at radius 3 is 2.65 bits per heavy atom. The van der Waals surface area contributed by atoms with Crippen LogP contribution in [0.1, 0.15) is 0 Å². The molecule has 0 spiro atoms. The van der Waals surface area contributed by atoms with Crippen LogP contribution in [0.4, 0.5) is 0 Å². The summed E-state index contributed by atoms with van der Waals surface area (Å²) in [6.45, 7) is 0. The average Bonchev–Trinajstić information content (AvgIpc) is 2.24. The molecular formula is C9H8ClN3O3S. The molecule has 2 rings (SSSR count). The predicted octanol–water partition coefficient (Wildman–Crippen LogP) is 0.385. The van der Waals surface area contributed by atoms with Crippen molar-refractivity contribution in [2.24, 2.45) is 7.05 Å². The van der Waals surface area contributed by atoms with Crippen LogP contribution in [0.3, 0.4) is 0 Å². The predicted molar refractivity (Wildman–Crippen MR) is 62.9 cm³/mol. The van der Waals surface area contributed by atoms with Crippen LogP contribution in [-0.2, 0) is 16.9 Å². The molecule has 8 heteroatoms. The molecular weight excluding hydrogens is 266 g/mol. The first kappa shape index (κ1) is 12.0. The van der Waals surface area contributed by atoms with Gasteiger partial charge in [0, 0.05) is 24.9 Å². The summed E-state index contributed by atoms with van der Waals surface area (Å²) in [5.74, 6) is 0. The van der Waals surface area contributed by atoms with Crippen LogP contribution in [-0.4, -0.2) is 29.2 Å². The van der Waals surface area contributed by atoms with Gasteiger partial charge in [-0.25, -0.2) is 13.4 Å². The molecule has 0 fully saturated rings. The molecule has 0 atom stereocenters. The Morgan fingerprint density at radius 1 is 1.41 bits per heavy atom. The molecule has 0 amide bonds. The third-order valence-electron chi connectivity index (χ3n) is 2.21. The monoisotopic (exact) mass is 273 g/mol. The number of halogens is 1. The van der Waals surface area contributed by atoms with Crippen molar-refractivity contribution in [3.63, 3.8) is 0 Å². The maximum Gasteiger partial charge on any atom is 0.270 e. The lowest BCUT2D eigenvalue weighted by molar-refractivity contribution is 0.593. The topological polar surface area (TPSA) is 81.9 Å². The smallest absolute Gasteiger partial charge is 0.270 e. The molecule has 0 saturated carbocycles. The maximum absolute atomic E-state index is 11.6. The number of aryl methyl sites for hydroxylation is 1. The Labute approximate surface area is 102 Å². The lowest BCUT2D eigenvalue weighted by Gasteiger charge is -2.05. The van der Waals surface area contributed by atoms with Gasteiger partial charge in [-0.15, -0.1) is 0 Å². The van der Waals surface area contributed by atoms with Crippen molar-refractivity contribution in [2.45, 2.75) is 5.16 Å². The zero-order valence-corrected chi connectivity index (χ0v) is 10.6. The lowest BCUT2D eigenvalue weighted by Crippen LogP contribution is -2.19. The van der Waals surface area contributed by atoms with Crippen molar-refractivity contribution in [2.75, 3.05) is 6.26 Å². The highest BCUT2D eigenvalue weighted by Crippen LogP contribution is 2.14. The molecule has 0 saturated heterocycles. The first-order valence-electron chi connectivity index (χ1n) is 4.53. The first-order valence-corrected chi connectivity index (χ1v) is 6.80. The van der Waals surface area contributed by atoms with Gasteiger partial charge in [0.25, 0.3) is 5.56 Å². The van der Waals surface area contributed by atoms with Crippen LogP contribution < -0.4 is 5.56 Å². The van der Waals surface area contributed by atoms with Crippen molar-refractivity contribution in [1.82, 2.24) is 14.5 Å². The highest BCUT2D eigenvalue weighted by molar-refractivity contribution is 7.90. The highest BCUT2D eigenvalue weighted by Gasteiger charge is 2.14. The molecule has 2 heterocycles. The summed E-state index contributed by atoms with van der Waals surface area (Å²) in [6, 6.07) is 1.41. The Hall–Kier alpha value is -1.47. The van der Waals surface area contributed by atoms with E-state index < -0.39 is 15.4 Å². The van der Waals surface area contributed by atoms with Gasteiger partial charge < -0.3 is 0 Å². The minimum atomic E-state index is -3.50. The van der Waals surface area contributed by atoms with E-state index in [1.165, 1.54) is 23.9 Å². The minimum absolute atomic E-state index is 0.0377. The summed E-state index contributed by atoms with van der Waals surface area (Å²) in [5.41, 5.74) is -0.202. The van der Waals surface area contributed by atoms with Gasteiger partial charge in [-0.3, -0.25) is 9.36 Å². The fourth-order valence-corrected chi connectivity index (χ4v) is 2.11. The van der Waals surface area contributed by atoms with E-state index in [2.05, 4.69) is 9.97 Å². The van der Waals surface area contributed by atoms with Gasteiger partial charge in [0.2, 0.25) is 15.0 Å². The van der Waals surface area contributed by atoms with Crippen LogP contribution >= 0.6 is 11.6 Å². The van der Waals surface area contributed by atoms with Crippen LogP contribution in [0.2, 0.25) is 5.02 Å². The van der Waals surface area contributed by atoms with Gasteiger partial charge in [-0.05, 0) is 6.07 Å². The number of nitrogens with zero attached hydrogens (tertiary/aromatic N) is 3. The molecule has 0 bridgehead atoms. The number of hydrogen-bond donors (Lipinski definition) is 0. The molecule has 2 aromatic heterocycles. The maximum atomic E-state index is 11.6. The van der Waals surface area contributed by atoms with Crippen LogP contribution in [0.25, 0.3) is 11.0 Å². The number of aromatic nitrogens is 3. The zero-order chi connectivity index (χ0) is 12.8. The van der Waals surface area contributed by atoms with Gasteiger partial charge in [-0.1, -0.05) is 11.6 Å². The van der Waals surface area contributed by atoms with E-state index >= 15 is 0 Å². The largest absolute Gasteiger partial charge is 0.294 e. The Bertz CT molecular complexity index is 767. The zero-order valence-electron chi connectivity index (χ0n) is 9.01. The summed E-state index contributed by atoms with van der Waals surface area (Å²) < 4.78 is 23.8. The molecule has 0 aliphatic rings. The average molecular weight is 274 g/mol. The van der Waals surface area contributed by atoms with Gasteiger partial charge in [0.15, 0.2) is 0 Å². The van der Waals surface area contributed by atoms with E-state index in [9.17, 15) is 13.2 Å². The Morgan fingerprint density at radius 2 is 2.06 bits per heavy atom. The van der Waals surface area contributed by atoms with E-state index in [1.54, 1.807) is 0 Å². The third kappa shape index (κ3) is 2.03. The fourth-order valence-electron chi connectivity index (χ4n) is 1.37.